The molecule has 0 aliphatic rings. The molecule has 0 atom stereocenters. The van der Waals surface area contributed by atoms with E-state index in [1.165, 1.54) is 10.9 Å². The predicted molar refractivity (Wildman–Crippen MR) is 85.8 cm³/mol. The number of aromatic amines is 1. The van der Waals surface area contributed by atoms with E-state index in [0.29, 0.717) is 16.3 Å². The molecule has 1 heterocycles. The van der Waals surface area contributed by atoms with E-state index in [0.717, 1.165) is 0 Å². The predicted octanol–water partition coefficient (Wildman–Crippen LogP) is 3.07. The number of benzene rings is 2. The molecule has 0 saturated carbocycles. The minimum atomic E-state index is -0.341. The summed E-state index contributed by atoms with van der Waals surface area (Å²) in [6.07, 6.45) is 1.46. The standard InChI is InChI=1S/C16H12ClN3O2/c17-12-6-8-13(9-7-12)20-16(22)14(10-18-20)19-15(21)11-4-2-1-3-5-11/h1-10,18H,(H,19,21). The quantitative estimate of drug-likeness (QED) is 0.780. The molecule has 1 amide bonds. The minimum absolute atomic E-state index is 0.184. The molecule has 0 fully saturated rings. The van der Waals surface area contributed by atoms with Crippen LogP contribution in [0.1, 0.15) is 10.4 Å². The molecule has 0 bridgehead atoms. The van der Waals surface area contributed by atoms with E-state index in [2.05, 4.69) is 10.4 Å². The summed E-state index contributed by atoms with van der Waals surface area (Å²) in [5.41, 5.74) is 0.964. The van der Waals surface area contributed by atoms with Crippen LogP contribution in [0.15, 0.2) is 65.6 Å². The lowest BCUT2D eigenvalue weighted by atomic mass is 10.2. The van der Waals surface area contributed by atoms with E-state index in [9.17, 15) is 9.59 Å². The van der Waals surface area contributed by atoms with Gasteiger partial charge < -0.3 is 5.32 Å². The van der Waals surface area contributed by atoms with Gasteiger partial charge in [-0.1, -0.05) is 29.8 Å². The molecule has 0 saturated heterocycles. The van der Waals surface area contributed by atoms with Crippen molar-refractivity contribution in [1.29, 1.82) is 0 Å². The van der Waals surface area contributed by atoms with Crippen molar-refractivity contribution in [2.75, 3.05) is 5.32 Å². The van der Waals surface area contributed by atoms with Gasteiger partial charge in [0, 0.05) is 16.8 Å². The van der Waals surface area contributed by atoms with Crippen LogP contribution in [0.2, 0.25) is 5.02 Å². The van der Waals surface area contributed by atoms with Crippen LogP contribution in [-0.2, 0) is 0 Å². The van der Waals surface area contributed by atoms with Crippen molar-refractivity contribution in [3.05, 3.63) is 81.7 Å². The molecule has 0 aliphatic heterocycles. The lowest BCUT2D eigenvalue weighted by Crippen LogP contribution is -2.21. The Morgan fingerprint density at radius 3 is 2.41 bits per heavy atom. The molecule has 110 valence electrons. The van der Waals surface area contributed by atoms with Gasteiger partial charge in [-0.2, -0.15) is 0 Å². The fraction of sp³-hybridized carbons (Fsp3) is 0. The van der Waals surface area contributed by atoms with Gasteiger partial charge in [0.25, 0.3) is 11.5 Å². The first-order valence-corrected chi connectivity index (χ1v) is 6.96. The molecule has 0 aliphatic carbocycles. The monoisotopic (exact) mass is 313 g/mol. The van der Waals surface area contributed by atoms with Crippen molar-refractivity contribution in [3.8, 4) is 5.69 Å². The lowest BCUT2D eigenvalue weighted by Gasteiger charge is -2.02. The number of aromatic nitrogens is 2. The van der Waals surface area contributed by atoms with Gasteiger partial charge >= 0.3 is 0 Å². The van der Waals surface area contributed by atoms with Crippen LogP contribution < -0.4 is 10.9 Å². The Kier molecular flexibility index (Phi) is 3.80. The summed E-state index contributed by atoms with van der Waals surface area (Å²) in [4.78, 5) is 24.4. The fourth-order valence-electron chi connectivity index (χ4n) is 2.03. The molecular formula is C16H12ClN3O2. The number of anilines is 1. The molecule has 0 spiro atoms. The second-order valence-electron chi connectivity index (χ2n) is 4.62. The van der Waals surface area contributed by atoms with Crippen LogP contribution in [0.5, 0.6) is 0 Å². The number of nitrogens with one attached hydrogen (secondary N) is 2. The number of carbonyl (C=O) groups is 1. The molecular weight excluding hydrogens is 302 g/mol. The maximum absolute atomic E-state index is 12.3. The highest BCUT2D eigenvalue weighted by Gasteiger charge is 2.12. The maximum atomic E-state index is 12.3. The Bertz CT molecular complexity index is 851. The number of amides is 1. The Morgan fingerprint density at radius 2 is 1.73 bits per heavy atom. The number of rotatable bonds is 3. The van der Waals surface area contributed by atoms with Crippen molar-refractivity contribution >= 4 is 23.2 Å². The molecule has 5 nitrogen and oxygen atoms in total. The Labute approximate surface area is 131 Å². The summed E-state index contributed by atoms with van der Waals surface area (Å²) in [5, 5.41) is 6.00. The van der Waals surface area contributed by atoms with Crippen LogP contribution in [0.25, 0.3) is 5.69 Å². The largest absolute Gasteiger partial charge is 0.316 e. The molecule has 1 aromatic heterocycles. The molecule has 6 heteroatoms. The van der Waals surface area contributed by atoms with E-state index in [-0.39, 0.29) is 17.2 Å². The topological polar surface area (TPSA) is 66.9 Å². The van der Waals surface area contributed by atoms with Gasteiger partial charge in [0.05, 0.1) is 5.69 Å². The highest BCUT2D eigenvalue weighted by molar-refractivity contribution is 6.30. The van der Waals surface area contributed by atoms with E-state index < -0.39 is 0 Å². The third kappa shape index (κ3) is 2.80. The second-order valence-corrected chi connectivity index (χ2v) is 5.06. The summed E-state index contributed by atoms with van der Waals surface area (Å²) in [6, 6.07) is 15.5. The first-order chi connectivity index (χ1) is 10.6. The molecule has 3 rings (SSSR count). The number of carbonyl (C=O) groups excluding carboxylic acids is 1. The molecule has 2 aromatic carbocycles. The van der Waals surface area contributed by atoms with Gasteiger partial charge in [0.2, 0.25) is 0 Å². The van der Waals surface area contributed by atoms with Crippen molar-refractivity contribution in [2.45, 2.75) is 0 Å². The zero-order valence-corrected chi connectivity index (χ0v) is 12.2. The highest BCUT2D eigenvalue weighted by atomic mass is 35.5. The lowest BCUT2D eigenvalue weighted by molar-refractivity contribution is 0.102. The third-order valence-corrected chi connectivity index (χ3v) is 3.39. The Balaban J connectivity index is 1.86. The fourth-order valence-corrected chi connectivity index (χ4v) is 2.15. The Morgan fingerprint density at radius 1 is 1.05 bits per heavy atom. The highest BCUT2D eigenvalue weighted by Crippen LogP contribution is 2.12. The summed E-state index contributed by atoms with van der Waals surface area (Å²) in [6.45, 7) is 0. The van der Waals surface area contributed by atoms with Gasteiger partial charge in [0.15, 0.2) is 0 Å². The molecule has 2 N–H and O–H groups in total. The van der Waals surface area contributed by atoms with Gasteiger partial charge in [-0.25, -0.2) is 4.68 Å². The molecule has 0 radical (unpaired) electrons. The van der Waals surface area contributed by atoms with Gasteiger partial charge in [-0.15, -0.1) is 0 Å². The van der Waals surface area contributed by atoms with Gasteiger partial charge in [-0.05, 0) is 36.4 Å². The summed E-state index contributed by atoms with van der Waals surface area (Å²) in [5.74, 6) is -0.333. The van der Waals surface area contributed by atoms with Gasteiger partial charge in [-0.3, -0.25) is 14.7 Å². The summed E-state index contributed by atoms with van der Waals surface area (Å²) in [7, 11) is 0. The molecule has 22 heavy (non-hydrogen) atoms. The zero-order chi connectivity index (χ0) is 15.5. The average molecular weight is 314 g/mol. The minimum Gasteiger partial charge on any atom is -0.316 e. The normalized spacial score (nSPS) is 10.4. The van der Waals surface area contributed by atoms with Gasteiger partial charge in [0.1, 0.15) is 5.69 Å². The smallest absolute Gasteiger partial charge is 0.294 e. The first-order valence-electron chi connectivity index (χ1n) is 6.58. The number of halogens is 1. The van der Waals surface area contributed by atoms with Crippen LogP contribution in [-0.4, -0.2) is 15.7 Å². The van der Waals surface area contributed by atoms with Crippen molar-refractivity contribution < 1.29 is 4.79 Å². The average Bonchev–Trinajstić information content (AvgIpc) is 2.90. The number of hydrogen-bond acceptors (Lipinski definition) is 2. The van der Waals surface area contributed by atoms with Crippen molar-refractivity contribution in [2.24, 2.45) is 0 Å². The Hall–Kier alpha value is -2.79. The number of hydrogen-bond donors (Lipinski definition) is 2. The number of H-pyrrole nitrogens is 1. The van der Waals surface area contributed by atoms with Crippen molar-refractivity contribution in [3.63, 3.8) is 0 Å². The third-order valence-electron chi connectivity index (χ3n) is 3.14. The van der Waals surface area contributed by atoms with E-state index in [1.54, 1.807) is 48.5 Å². The first kappa shape index (κ1) is 14.2. The van der Waals surface area contributed by atoms with Crippen LogP contribution >= 0.6 is 11.6 Å². The molecule has 0 unspecified atom stereocenters. The zero-order valence-electron chi connectivity index (χ0n) is 11.4. The number of nitrogens with zero attached hydrogens (tertiary/aromatic N) is 1. The van der Waals surface area contributed by atoms with E-state index in [4.69, 9.17) is 11.6 Å². The van der Waals surface area contributed by atoms with E-state index in [1.807, 2.05) is 6.07 Å². The SMILES string of the molecule is O=C(Nc1c[nH]n(-c2ccc(Cl)cc2)c1=O)c1ccccc1. The summed E-state index contributed by atoms with van der Waals surface area (Å²) >= 11 is 5.83. The summed E-state index contributed by atoms with van der Waals surface area (Å²) < 4.78 is 1.33. The van der Waals surface area contributed by atoms with Crippen LogP contribution in [0.3, 0.4) is 0 Å². The van der Waals surface area contributed by atoms with Crippen LogP contribution in [0.4, 0.5) is 5.69 Å². The maximum Gasteiger partial charge on any atom is 0.294 e. The molecule has 3 aromatic rings. The van der Waals surface area contributed by atoms with Crippen LogP contribution in [0, 0.1) is 0 Å². The second kappa shape index (κ2) is 5.91. The van der Waals surface area contributed by atoms with E-state index >= 15 is 0 Å². The van der Waals surface area contributed by atoms with Crippen molar-refractivity contribution in [1.82, 2.24) is 9.78 Å².